The van der Waals surface area contributed by atoms with Crippen LogP contribution < -0.4 is 9.62 Å². The first-order valence-electron chi connectivity index (χ1n) is 10.6. The third-order valence-electron chi connectivity index (χ3n) is 5.43. The van der Waals surface area contributed by atoms with E-state index in [9.17, 15) is 17.6 Å². The summed E-state index contributed by atoms with van der Waals surface area (Å²) in [5.74, 6) is -1.31. The van der Waals surface area contributed by atoms with Crippen LogP contribution in [0.15, 0.2) is 47.4 Å². The predicted molar refractivity (Wildman–Crippen MR) is 117 cm³/mol. The molecule has 0 atom stereocenters. The van der Waals surface area contributed by atoms with E-state index in [1.54, 1.807) is 12.1 Å². The third kappa shape index (κ3) is 5.01. The lowest BCUT2D eigenvalue weighted by Crippen LogP contribution is -2.30. The minimum atomic E-state index is -3.88. The van der Waals surface area contributed by atoms with Crippen LogP contribution in [-0.2, 0) is 16.4 Å². The first kappa shape index (κ1) is 22.3. The van der Waals surface area contributed by atoms with Crippen LogP contribution in [0.5, 0.6) is 0 Å². The molecule has 1 amide bonds. The zero-order chi connectivity index (χ0) is 21.6. The van der Waals surface area contributed by atoms with Crippen LogP contribution in [-0.4, -0.2) is 27.4 Å². The minimum Gasteiger partial charge on any atom is -0.352 e. The highest BCUT2D eigenvalue weighted by atomic mass is 32.2. The molecule has 2 aromatic rings. The Bertz CT molecular complexity index is 992. The number of halogens is 1. The average Bonchev–Trinajstić information content (AvgIpc) is 3.18. The van der Waals surface area contributed by atoms with Gasteiger partial charge in [0.05, 0.1) is 16.1 Å². The molecule has 1 aliphatic heterocycles. The van der Waals surface area contributed by atoms with Gasteiger partial charge in [-0.3, -0.25) is 9.10 Å². The highest BCUT2D eigenvalue weighted by molar-refractivity contribution is 7.92. The molecular weight excluding hydrogens is 403 g/mol. The monoisotopic (exact) mass is 432 g/mol. The van der Waals surface area contributed by atoms with E-state index in [4.69, 9.17) is 0 Å². The highest BCUT2D eigenvalue weighted by Crippen LogP contribution is 2.33. The van der Waals surface area contributed by atoms with Crippen LogP contribution in [0, 0.1) is 5.82 Å². The van der Waals surface area contributed by atoms with E-state index in [0.29, 0.717) is 25.2 Å². The Labute approximate surface area is 178 Å². The molecule has 0 radical (unpaired) electrons. The van der Waals surface area contributed by atoms with Crippen LogP contribution in [0.1, 0.15) is 61.4 Å². The number of sulfonamides is 1. The van der Waals surface area contributed by atoms with Crippen molar-refractivity contribution >= 4 is 21.6 Å². The van der Waals surface area contributed by atoms with Crippen LogP contribution in [0.4, 0.5) is 10.1 Å². The second kappa shape index (κ2) is 10.1. The molecule has 0 saturated carbocycles. The molecule has 1 heterocycles. The van der Waals surface area contributed by atoms with Crippen molar-refractivity contribution in [1.29, 1.82) is 0 Å². The van der Waals surface area contributed by atoms with Gasteiger partial charge in [-0.25, -0.2) is 12.8 Å². The number of amides is 1. The maximum Gasteiger partial charge on any atom is 0.264 e. The summed E-state index contributed by atoms with van der Waals surface area (Å²) >= 11 is 0. The van der Waals surface area contributed by atoms with Gasteiger partial charge in [-0.2, -0.15) is 0 Å². The minimum absolute atomic E-state index is 0.0784. The molecule has 7 heteroatoms. The van der Waals surface area contributed by atoms with Gasteiger partial charge in [-0.05, 0) is 42.7 Å². The molecule has 0 bridgehead atoms. The van der Waals surface area contributed by atoms with Crippen molar-refractivity contribution < 1.29 is 17.6 Å². The molecule has 5 nitrogen and oxygen atoms in total. The molecular formula is C23H29FN2O3S. The summed E-state index contributed by atoms with van der Waals surface area (Å²) < 4.78 is 41.9. The number of anilines is 1. The fraction of sp³-hybridized carbons (Fsp3) is 0.435. The lowest BCUT2D eigenvalue weighted by molar-refractivity contribution is 0.0948. The molecule has 3 rings (SSSR count). The molecule has 162 valence electrons. The zero-order valence-electron chi connectivity index (χ0n) is 17.4. The average molecular weight is 433 g/mol. The number of hydrogen-bond donors (Lipinski definition) is 1. The Balaban J connectivity index is 1.68. The molecule has 30 heavy (non-hydrogen) atoms. The van der Waals surface area contributed by atoms with E-state index < -0.39 is 21.7 Å². The zero-order valence-corrected chi connectivity index (χ0v) is 18.2. The standard InChI is InChI=1S/C23H29FN2O3S/c1-2-3-4-5-6-9-15-25-23(27)20-17-19(12-13-21(20)24)30(28,29)26-16-14-18-10-7-8-11-22(18)26/h7-8,10-13,17H,2-6,9,14-16H2,1H3,(H,25,27). The Morgan fingerprint density at radius 1 is 1.07 bits per heavy atom. The fourth-order valence-electron chi connectivity index (χ4n) is 3.73. The van der Waals surface area contributed by atoms with Crippen molar-refractivity contribution in [3.05, 3.63) is 59.4 Å². The Hall–Kier alpha value is -2.41. The number of fused-ring (bicyclic) bond motifs is 1. The van der Waals surface area contributed by atoms with Crippen LogP contribution in [0.2, 0.25) is 0 Å². The van der Waals surface area contributed by atoms with E-state index in [1.807, 2.05) is 12.1 Å². The molecule has 0 unspecified atom stereocenters. The van der Waals surface area contributed by atoms with Crippen molar-refractivity contribution in [2.24, 2.45) is 0 Å². The van der Waals surface area contributed by atoms with Gasteiger partial charge in [-0.1, -0.05) is 57.2 Å². The van der Waals surface area contributed by atoms with Crippen LogP contribution in [0.3, 0.4) is 0 Å². The molecule has 0 spiro atoms. The number of unbranched alkanes of at least 4 members (excludes halogenated alkanes) is 5. The first-order valence-corrected chi connectivity index (χ1v) is 12.1. The molecule has 1 N–H and O–H groups in total. The number of benzene rings is 2. The van der Waals surface area contributed by atoms with Crippen molar-refractivity contribution in [3.63, 3.8) is 0 Å². The van der Waals surface area contributed by atoms with Gasteiger partial charge in [0, 0.05) is 13.1 Å². The quantitative estimate of drug-likeness (QED) is 0.555. The summed E-state index contributed by atoms with van der Waals surface area (Å²) in [7, 11) is -3.88. The number of carbonyl (C=O) groups is 1. The van der Waals surface area contributed by atoms with E-state index in [1.165, 1.54) is 29.6 Å². The molecule has 2 aromatic carbocycles. The van der Waals surface area contributed by atoms with E-state index >= 15 is 0 Å². The van der Waals surface area contributed by atoms with Gasteiger partial charge < -0.3 is 5.32 Å². The van der Waals surface area contributed by atoms with Gasteiger partial charge in [-0.15, -0.1) is 0 Å². The summed E-state index contributed by atoms with van der Waals surface area (Å²) in [6, 6.07) is 10.7. The molecule has 1 aliphatic rings. The molecule has 0 fully saturated rings. The van der Waals surface area contributed by atoms with Crippen molar-refractivity contribution in [2.45, 2.75) is 56.8 Å². The topological polar surface area (TPSA) is 66.5 Å². The van der Waals surface area contributed by atoms with Gasteiger partial charge in [0.2, 0.25) is 0 Å². The Morgan fingerprint density at radius 2 is 1.80 bits per heavy atom. The highest BCUT2D eigenvalue weighted by Gasteiger charge is 2.31. The fourth-order valence-corrected chi connectivity index (χ4v) is 5.26. The maximum atomic E-state index is 14.3. The van der Waals surface area contributed by atoms with Gasteiger partial charge >= 0.3 is 0 Å². The van der Waals surface area contributed by atoms with Crippen LogP contribution >= 0.6 is 0 Å². The second-order valence-corrected chi connectivity index (χ2v) is 9.48. The van der Waals surface area contributed by atoms with E-state index in [0.717, 1.165) is 37.0 Å². The smallest absolute Gasteiger partial charge is 0.264 e. The van der Waals surface area contributed by atoms with Gasteiger partial charge in [0.1, 0.15) is 5.82 Å². The number of hydrogen-bond acceptors (Lipinski definition) is 3. The summed E-state index contributed by atoms with van der Waals surface area (Å²) in [5.41, 5.74) is 1.35. The first-order chi connectivity index (χ1) is 14.4. The number of nitrogens with one attached hydrogen (secondary N) is 1. The van der Waals surface area contributed by atoms with Crippen molar-refractivity contribution in [1.82, 2.24) is 5.32 Å². The normalized spacial score (nSPS) is 13.3. The number of para-hydroxylation sites is 1. The molecule has 0 saturated heterocycles. The van der Waals surface area contributed by atoms with Crippen molar-refractivity contribution in [3.8, 4) is 0 Å². The number of nitrogens with zero attached hydrogens (tertiary/aromatic N) is 1. The van der Waals surface area contributed by atoms with Gasteiger partial charge in [0.25, 0.3) is 15.9 Å². The Morgan fingerprint density at radius 3 is 2.60 bits per heavy atom. The maximum absolute atomic E-state index is 14.3. The molecule has 0 aliphatic carbocycles. The lowest BCUT2D eigenvalue weighted by Gasteiger charge is -2.20. The van der Waals surface area contributed by atoms with Gasteiger partial charge in [0.15, 0.2) is 0 Å². The second-order valence-electron chi connectivity index (χ2n) is 7.62. The predicted octanol–water partition coefficient (Wildman–Crippen LogP) is 4.67. The SMILES string of the molecule is CCCCCCCCNC(=O)c1cc(S(=O)(=O)N2CCc3ccccc32)ccc1F. The summed E-state index contributed by atoms with van der Waals surface area (Å²) in [6.07, 6.45) is 7.13. The number of carbonyl (C=O) groups excluding carboxylic acids is 1. The third-order valence-corrected chi connectivity index (χ3v) is 7.24. The Kier molecular flexibility index (Phi) is 7.48. The largest absolute Gasteiger partial charge is 0.352 e. The summed E-state index contributed by atoms with van der Waals surface area (Å²) in [6.45, 7) is 2.94. The molecule has 0 aromatic heterocycles. The summed E-state index contributed by atoms with van der Waals surface area (Å²) in [4.78, 5) is 12.4. The lowest BCUT2D eigenvalue weighted by atomic mass is 10.1. The van der Waals surface area contributed by atoms with E-state index in [-0.39, 0.29) is 10.5 Å². The number of rotatable bonds is 10. The van der Waals surface area contributed by atoms with Crippen molar-refractivity contribution in [2.75, 3.05) is 17.4 Å². The van der Waals surface area contributed by atoms with Crippen LogP contribution in [0.25, 0.3) is 0 Å². The van der Waals surface area contributed by atoms with E-state index in [2.05, 4.69) is 12.2 Å². The summed E-state index contributed by atoms with van der Waals surface area (Å²) in [5, 5.41) is 2.71.